The Morgan fingerprint density at radius 3 is 3.00 bits per heavy atom. The fourth-order valence-corrected chi connectivity index (χ4v) is 1.58. The first-order chi connectivity index (χ1) is 9.65. The number of nitrogens with two attached hydrogens (primary N) is 1. The van der Waals surface area contributed by atoms with Gasteiger partial charge in [0.1, 0.15) is 6.61 Å². The van der Waals surface area contributed by atoms with E-state index < -0.39 is 19.1 Å². The second-order valence-electron chi connectivity index (χ2n) is 4.15. The molecular formula is C11H15F2N5O2. The lowest BCUT2D eigenvalue weighted by atomic mass is 10.2. The van der Waals surface area contributed by atoms with Gasteiger partial charge in [-0.15, -0.1) is 0 Å². The van der Waals surface area contributed by atoms with Gasteiger partial charge < -0.3 is 20.0 Å². The van der Waals surface area contributed by atoms with E-state index in [4.69, 9.17) is 15.0 Å². The summed E-state index contributed by atoms with van der Waals surface area (Å²) < 4.78 is 33.5. The summed E-state index contributed by atoms with van der Waals surface area (Å²) in [4.78, 5) is 10.9. The molecule has 0 amide bonds. The second kappa shape index (κ2) is 7.06. The number of imidazole rings is 1. The lowest BCUT2D eigenvalue weighted by Crippen LogP contribution is -2.14. The van der Waals surface area contributed by atoms with Gasteiger partial charge in [0.25, 0.3) is 6.43 Å². The first-order valence-corrected chi connectivity index (χ1v) is 6.06. The Morgan fingerprint density at radius 2 is 2.30 bits per heavy atom. The van der Waals surface area contributed by atoms with Gasteiger partial charge in [0.05, 0.1) is 19.0 Å². The number of rotatable bonds is 8. The number of aromatic nitrogens is 4. The summed E-state index contributed by atoms with van der Waals surface area (Å²) in [5.41, 5.74) is 6.78. The minimum atomic E-state index is -2.47. The molecule has 20 heavy (non-hydrogen) atoms. The molecule has 0 fully saturated rings. The maximum absolute atomic E-state index is 11.9. The molecule has 0 aliphatic rings. The fourth-order valence-electron chi connectivity index (χ4n) is 1.58. The third-order valence-electron chi connectivity index (χ3n) is 2.51. The number of aromatic amines is 1. The van der Waals surface area contributed by atoms with Crippen LogP contribution < -0.4 is 5.73 Å². The quantitative estimate of drug-likeness (QED) is 0.698. The van der Waals surface area contributed by atoms with E-state index in [1.165, 1.54) is 0 Å². The summed E-state index contributed by atoms with van der Waals surface area (Å²) in [6.45, 7) is -0.483. The SMILES string of the molecule is N[C@@H](Cc1cnc[nH]1)c1nc(CCOCC(F)F)no1. The summed E-state index contributed by atoms with van der Waals surface area (Å²) in [6.07, 6.45) is 1.53. The molecule has 0 saturated heterocycles. The highest BCUT2D eigenvalue weighted by Gasteiger charge is 2.16. The minimum Gasteiger partial charge on any atom is -0.375 e. The number of hydrogen-bond acceptors (Lipinski definition) is 6. The predicted molar refractivity (Wildman–Crippen MR) is 64.0 cm³/mol. The number of nitrogens with zero attached hydrogens (tertiary/aromatic N) is 3. The van der Waals surface area contributed by atoms with Crippen LogP contribution in [0.1, 0.15) is 23.5 Å². The summed E-state index contributed by atoms with van der Waals surface area (Å²) in [7, 11) is 0. The predicted octanol–water partition coefficient (Wildman–Crippen LogP) is 0.859. The topological polar surface area (TPSA) is 103 Å². The van der Waals surface area contributed by atoms with Crippen molar-refractivity contribution in [3.8, 4) is 0 Å². The lowest BCUT2D eigenvalue weighted by molar-refractivity contribution is 0.0182. The second-order valence-corrected chi connectivity index (χ2v) is 4.15. The minimum absolute atomic E-state index is 0.110. The Hall–Kier alpha value is -1.87. The maximum Gasteiger partial charge on any atom is 0.261 e. The molecule has 0 unspecified atom stereocenters. The molecule has 0 bridgehead atoms. The first-order valence-electron chi connectivity index (χ1n) is 6.06. The van der Waals surface area contributed by atoms with Crippen LogP contribution in [0.15, 0.2) is 17.0 Å². The molecule has 2 rings (SSSR count). The molecule has 3 N–H and O–H groups in total. The number of alkyl halides is 2. The van der Waals surface area contributed by atoms with Crippen LogP contribution in [0.2, 0.25) is 0 Å². The van der Waals surface area contributed by atoms with Crippen molar-refractivity contribution in [2.45, 2.75) is 25.3 Å². The third-order valence-corrected chi connectivity index (χ3v) is 2.51. The molecule has 0 aliphatic heterocycles. The average molecular weight is 287 g/mol. The summed E-state index contributed by atoms with van der Waals surface area (Å²) >= 11 is 0. The van der Waals surface area contributed by atoms with E-state index in [9.17, 15) is 8.78 Å². The highest BCUT2D eigenvalue weighted by Crippen LogP contribution is 2.12. The van der Waals surface area contributed by atoms with Gasteiger partial charge >= 0.3 is 0 Å². The van der Waals surface area contributed by atoms with Crippen molar-refractivity contribution >= 4 is 0 Å². The van der Waals surface area contributed by atoms with E-state index in [2.05, 4.69) is 20.1 Å². The van der Waals surface area contributed by atoms with Crippen molar-refractivity contribution in [2.24, 2.45) is 5.73 Å². The zero-order valence-electron chi connectivity index (χ0n) is 10.6. The van der Waals surface area contributed by atoms with Crippen molar-refractivity contribution < 1.29 is 18.0 Å². The number of nitrogens with one attached hydrogen (secondary N) is 1. The van der Waals surface area contributed by atoms with Gasteiger partial charge in [0.2, 0.25) is 5.89 Å². The van der Waals surface area contributed by atoms with E-state index in [-0.39, 0.29) is 6.61 Å². The number of ether oxygens (including phenoxy) is 1. The van der Waals surface area contributed by atoms with Crippen molar-refractivity contribution in [1.82, 2.24) is 20.1 Å². The molecule has 0 aromatic carbocycles. The first kappa shape index (κ1) is 14.5. The van der Waals surface area contributed by atoms with Gasteiger partial charge in [0, 0.05) is 24.7 Å². The van der Waals surface area contributed by atoms with Crippen LogP contribution in [0.3, 0.4) is 0 Å². The molecule has 2 aromatic rings. The summed E-state index contributed by atoms with van der Waals surface area (Å²) in [5.74, 6) is 0.679. The Kier molecular flexibility index (Phi) is 5.13. The van der Waals surface area contributed by atoms with E-state index in [1.54, 1.807) is 12.5 Å². The molecule has 2 aromatic heterocycles. The Morgan fingerprint density at radius 1 is 1.45 bits per heavy atom. The zero-order valence-corrected chi connectivity index (χ0v) is 10.6. The number of halogens is 2. The van der Waals surface area contributed by atoms with E-state index in [0.29, 0.717) is 24.6 Å². The van der Waals surface area contributed by atoms with Crippen LogP contribution >= 0.6 is 0 Å². The summed E-state index contributed by atoms with van der Waals surface area (Å²) in [5, 5.41) is 3.72. The molecular weight excluding hydrogens is 272 g/mol. The van der Waals surface area contributed by atoms with E-state index in [0.717, 1.165) is 5.69 Å². The molecule has 110 valence electrons. The standard InChI is InChI=1S/C11H15F2N5O2/c12-9(13)5-19-2-1-10-17-11(20-18-10)8(14)3-7-4-15-6-16-7/h4,6,8-9H,1-3,5,14H2,(H,15,16)/t8-/m0/s1. The van der Waals surface area contributed by atoms with Crippen LogP contribution in [0.25, 0.3) is 0 Å². The van der Waals surface area contributed by atoms with Gasteiger partial charge in [-0.1, -0.05) is 5.16 Å². The van der Waals surface area contributed by atoms with Crippen LogP contribution in [-0.4, -0.2) is 39.7 Å². The van der Waals surface area contributed by atoms with Crippen molar-refractivity contribution in [1.29, 1.82) is 0 Å². The van der Waals surface area contributed by atoms with E-state index >= 15 is 0 Å². The third kappa shape index (κ3) is 4.35. The Balaban J connectivity index is 1.79. The van der Waals surface area contributed by atoms with Gasteiger partial charge in [-0.2, -0.15) is 4.98 Å². The zero-order chi connectivity index (χ0) is 14.4. The van der Waals surface area contributed by atoms with E-state index in [1.807, 2.05) is 0 Å². The average Bonchev–Trinajstić information content (AvgIpc) is 3.05. The van der Waals surface area contributed by atoms with Gasteiger partial charge in [-0.3, -0.25) is 0 Å². The normalized spacial score (nSPS) is 13.0. The lowest BCUT2D eigenvalue weighted by Gasteiger charge is -2.03. The largest absolute Gasteiger partial charge is 0.375 e. The van der Waals surface area contributed by atoms with Crippen molar-refractivity contribution in [2.75, 3.05) is 13.2 Å². The number of H-pyrrole nitrogens is 1. The highest BCUT2D eigenvalue weighted by molar-refractivity contribution is 5.02. The molecule has 2 heterocycles. The van der Waals surface area contributed by atoms with Crippen LogP contribution in [0, 0.1) is 0 Å². The van der Waals surface area contributed by atoms with Crippen molar-refractivity contribution in [3.05, 3.63) is 29.9 Å². The Bertz CT molecular complexity index is 503. The van der Waals surface area contributed by atoms with Crippen molar-refractivity contribution in [3.63, 3.8) is 0 Å². The maximum atomic E-state index is 11.9. The molecule has 9 heteroatoms. The molecule has 7 nitrogen and oxygen atoms in total. The molecule has 0 aliphatic carbocycles. The van der Waals surface area contributed by atoms with Gasteiger partial charge in [-0.05, 0) is 0 Å². The fraction of sp³-hybridized carbons (Fsp3) is 0.545. The van der Waals surface area contributed by atoms with Crippen LogP contribution in [0.5, 0.6) is 0 Å². The molecule has 0 saturated carbocycles. The monoisotopic (exact) mass is 287 g/mol. The molecule has 1 atom stereocenters. The van der Waals surface area contributed by atoms with Crippen LogP contribution in [-0.2, 0) is 17.6 Å². The highest BCUT2D eigenvalue weighted by atomic mass is 19.3. The van der Waals surface area contributed by atoms with Crippen LogP contribution in [0.4, 0.5) is 8.78 Å². The number of hydrogen-bond donors (Lipinski definition) is 2. The Labute approximate surface area is 113 Å². The smallest absolute Gasteiger partial charge is 0.261 e. The molecule has 0 spiro atoms. The molecule has 0 radical (unpaired) electrons. The summed E-state index contributed by atoms with van der Waals surface area (Å²) in [6, 6.07) is -0.446. The van der Waals surface area contributed by atoms with Gasteiger partial charge in [-0.25, -0.2) is 13.8 Å². The van der Waals surface area contributed by atoms with Gasteiger partial charge in [0.15, 0.2) is 5.82 Å².